The molecule has 1 spiro atoms. The standard InChI is InChI=1S/C29H36O11/c1-14(32)37-22-10-19-18(25(3,4)40-22)8-20(34)28(13-31)27(19,12-30)23(35)24(38-15(2)33)26(5)17(16-6-7-36-11-16)9-21-29(26,28)39-21/h6-8,11,17,19-22,24,30-31,34H,9-10,12-13H2,1-5H3/t17?,19?,20?,21-,22?,24-,26?,27-,28-,29-/m1/s1. The fourth-order valence-corrected chi connectivity index (χ4v) is 9.39. The molecular weight excluding hydrogens is 524 g/mol. The van der Waals surface area contributed by atoms with E-state index >= 15 is 4.79 Å². The van der Waals surface area contributed by atoms with E-state index < -0.39 is 88.9 Å². The van der Waals surface area contributed by atoms with Crippen molar-refractivity contribution in [1.82, 2.24) is 0 Å². The van der Waals surface area contributed by atoms with Crippen LogP contribution in [0.4, 0.5) is 0 Å². The number of aliphatic hydroxyl groups excluding tert-OH is 3. The number of hydrogen-bond acceptors (Lipinski definition) is 11. The number of ketones is 1. The van der Waals surface area contributed by atoms with Crippen LogP contribution in [0.2, 0.25) is 0 Å². The van der Waals surface area contributed by atoms with Gasteiger partial charge in [-0.15, -0.1) is 0 Å². The summed E-state index contributed by atoms with van der Waals surface area (Å²) in [5, 5.41) is 34.7. The zero-order chi connectivity index (χ0) is 29.0. The van der Waals surface area contributed by atoms with Gasteiger partial charge in [-0.3, -0.25) is 14.4 Å². The van der Waals surface area contributed by atoms with Crippen LogP contribution in [0.3, 0.4) is 0 Å². The topological polar surface area (TPSA) is 165 Å². The summed E-state index contributed by atoms with van der Waals surface area (Å²) in [5.74, 6) is -3.12. The largest absolute Gasteiger partial charge is 0.472 e. The highest BCUT2D eigenvalue weighted by molar-refractivity contribution is 5.96. The number of epoxide rings is 1. The lowest BCUT2D eigenvalue weighted by Gasteiger charge is -2.68. The van der Waals surface area contributed by atoms with Gasteiger partial charge in [-0.05, 0) is 37.5 Å². The summed E-state index contributed by atoms with van der Waals surface area (Å²) >= 11 is 0. The Labute approximate surface area is 231 Å². The molecule has 5 unspecified atom stereocenters. The van der Waals surface area contributed by atoms with Gasteiger partial charge in [0.25, 0.3) is 0 Å². The van der Waals surface area contributed by atoms with Gasteiger partial charge in [-0.1, -0.05) is 13.0 Å². The molecule has 11 nitrogen and oxygen atoms in total. The van der Waals surface area contributed by atoms with Gasteiger partial charge in [0.1, 0.15) is 5.60 Å². The predicted molar refractivity (Wildman–Crippen MR) is 134 cm³/mol. The van der Waals surface area contributed by atoms with Crippen molar-refractivity contribution >= 4 is 17.7 Å². The van der Waals surface area contributed by atoms with Crippen molar-refractivity contribution in [2.24, 2.45) is 22.2 Å². The maximum Gasteiger partial charge on any atom is 0.304 e. The molecule has 3 N–H and O–H groups in total. The molecule has 5 aliphatic rings. The van der Waals surface area contributed by atoms with E-state index in [0.29, 0.717) is 12.0 Å². The third kappa shape index (κ3) is 2.94. The Balaban J connectivity index is 1.63. The van der Waals surface area contributed by atoms with Gasteiger partial charge in [0.2, 0.25) is 6.29 Å². The number of rotatable bonds is 5. The maximum absolute atomic E-state index is 15.1. The molecule has 0 aromatic carbocycles. The number of aliphatic hydroxyl groups is 3. The first-order valence-corrected chi connectivity index (χ1v) is 13.7. The normalized spacial score (nSPS) is 46.3. The van der Waals surface area contributed by atoms with E-state index in [9.17, 15) is 24.9 Å². The maximum atomic E-state index is 15.1. The Hall–Kier alpha value is -2.57. The van der Waals surface area contributed by atoms with Crippen LogP contribution in [0, 0.1) is 22.2 Å². The van der Waals surface area contributed by atoms with E-state index in [2.05, 4.69) is 0 Å². The molecular formula is C29H36O11. The number of fused-ring (bicyclic) bond motifs is 3. The Bertz CT molecular complexity index is 1280. The van der Waals surface area contributed by atoms with Crippen LogP contribution in [-0.4, -0.2) is 82.1 Å². The van der Waals surface area contributed by atoms with Crippen LogP contribution in [0.1, 0.15) is 58.9 Å². The van der Waals surface area contributed by atoms with Crippen molar-refractivity contribution in [3.8, 4) is 0 Å². The Kier molecular flexibility index (Phi) is 5.85. The van der Waals surface area contributed by atoms with Crippen LogP contribution in [0.5, 0.6) is 0 Å². The predicted octanol–water partition coefficient (Wildman–Crippen LogP) is 1.39. The summed E-state index contributed by atoms with van der Waals surface area (Å²) in [6.45, 7) is 6.23. The van der Waals surface area contributed by atoms with Crippen LogP contribution >= 0.6 is 0 Å². The van der Waals surface area contributed by atoms with Gasteiger partial charge in [-0.25, -0.2) is 0 Å². The smallest absolute Gasteiger partial charge is 0.304 e. The lowest BCUT2D eigenvalue weighted by molar-refractivity contribution is -0.275. The highest BCUT2D eigenvalue weighted by atomic mass is 16.7. The lowest BCUT2D eigenvalue weighted by atomic mass is 9.35. The summed E-state index contributed by atoms with van der Waals surface area (Å²) in [6.07, 6.45) is 0.698. The van der Waals surface area contributed by atoms with Crippen molar-refractivity contribution in [3.05, 3.63) is 35.8 Å². The van der Waals surface area contributed by atoms with Gasteiger partial charge in [-0.2, -0.15) is 0 Å². The van der Waals surface area contributed by atoms with Crippen molar-refractivity contribution in [2.45, 2.75) is 89.2 Å². The molecule has 3 aliphatic carbocycles. The lowest BCUT2D eigenvalue weighted by Crippen LogP contribution is -2.81. The zero-order valence-corrected chi connectivity index (χ0v) is 23.2. The first kappa shape index (κ1) is 27.6. The molecule has 11 heteroatoms. The third-order valence-electron chi connectivity index (χ3n) is 10.8. The molecule has 2 saturated carbocycles. The van der Waals surface area contributed by atoms with Crippen molar-refractivity contribution in [2.75, 3.05) is 13.2 Å². The third-order valence-corrected chi connectivity index (χ3v) is 10.8. The quantitative estimate of drug-likeness (QED) is 0.271. The van der Waals surface area contributed by atoms with Gasteiger partial charge < -0.3 is 38.7 Å². The summed E-state index contributed by atoms with van der Waals surface area (Å²) in [7, 11) is 0. The second-order valence-corrected chi connectivity index (χ2v) is 12.6. The molecule has 0 amide bonds. The number of furan rings is 1. The number of hydrogen-bond donors (Lipinski definition) is 3. The second-order valence-electron chi connectivity index (χ2n) is 12.6. The number of esters is 2. The van der Waals surface area contributed by atoms with E-state index in [-0.39, 0.29) is 12.3 Å². The Morgan fingerprint density at radius 1 is 1.02 bits per heavy atom. The highest BCUT2D eigenvalue weighted by Crippen LogP contribution is 2.82. The molecule has 6 rings (SSSR count). The monoisotopic (exact) mass is 560 g/mol. The summed E-state index contributed by atoms with van der Waals surface area (Å²) < 4.78 is 29.2. The molecule has 2 saturated heterocycles. The molecule has 218 valence electrons. The van der Waals surface area contributed by atoms with Crippen LogP contribution in [0.15, 0.2) is 34.7 Å². The van der Waals surface area contributed by atoms with E-state index in [1.165, 1.54) is 20.1 Å². The Morgan fingerprint density at radius 3 is 2.30 bits per heavy atom. The fraction of sp³-hybridized carbons (Fsp3) is 0.690. The fourth-order valence-electron chi connectivity index (χ4n) is 9.39. The first-order valence-electron chi connectivity index (χ1n) is 13.7. The van der Waals surface area contributed by atoms with Crippen molar-refractivity contribution < 1.29 is 53.1 Å². The number of ether oxygens (including phenoxy) is 4. The summed E-state index contributed by atoms with van der Waals surface area (Å²) in [6, 6.07) is 1.78. The molecule has 40 heavy (non-hydrogen) atoms. The summed E-state index contributed by atoms with van der Waals surface area (Å²) in [5.41, 5.74) is -5.98. The number of carbonyl (C=O) groups is 3. The Morgan fingerprint density at radius 2 is 1.73 bits per heavy atom. The minimum Gasteiger partial charge on any atom is -0.472 e. The number of Topliss-reactive ketones (excluding diaryl/α,β-unsaturated/α-hetero) is 1. The van der Waals surface area contributed by atoms with Gasteiger partial charge in [0, 0.05) is 32.1 Å². The molecule has 0 bridgehead atoms. The van der Waals surface area contributed by atoms with Crippen molar-refractivity contribution in [1.29, 1.82) is 0 Å². The van der Waals surface area contributed by atoms with E-state index in [0.717, 1.165) is 5.56 Å². The van der Waals surface area contributed by atoms with E-state index in [1.54, 1.807) is 39.2 Å². The molecule has 4 fully saturated rings. The van der Waals surface area contributed by atoms with Crippen LogP contribution < -0.4 is 0 Å². The van der Waals surface area contributed by atoms with Crippen molar-refractivity contribution in [3.63, 3.8) is 0 Å². The number of carbonyl (C=O) groups excluding carboxylic acids is 3. The second kappa shape index (κ2) is 8.48. The molecule has 1 aromatic rings. The minimum atomic E-state index is -1.87. The average Bonchev–Trinajstić information content (AvgIpc) is 3.22. The van der Waals surface area contributed by atoms with E-state index in [1.807, 2.05) is 0 Å². The molecule has 0 radical (unpaired) electrons. The molecule has 3 heterocycles. The van der Waals surface area contributed by atoms with Crippen LogP contribution in [0.25, 0.3) is 0 Å². The summed E-state index contributed by atoms with van der Waals surface area (Å²) in [4.78, 5) is 39.5. The minimum absolute atomic E-state index is 0.0228. The van der Waals surface area contributed by atoms with Gasteiger partial charge in [0.05, 0.1) is 59.8 Å². The van der Waals surface area contributed by atoms with Gasteiger partial charge in [0.15, 0.2) is 11.9 Å². The van der Waals surface area contributed by atoms with Gasteiger partial charge >= 0.3 is 11.9 Å². The molecule has 10 atom stereocenters. The SMILES string of the molecule is CC(=O)OC1CC2C(=CC(O)[C@]3(CO)[C@@]2(CO)C(=O)[C@@H](OC(C)=O)C2(C)C(c4ccoc4)C[C@H]4O[C@]423)C(C)(C)O1. The first-order chi connectivity index (χ1) is 18.8. The molecule has 1 aromatic heterocycles. The molecule has 2 aliphatic heterocycles. The highest BCUT2D eigenvalue weighted by Gasteiger charge is 2.94. The van der Waals surface area contributed by atoms with E-state index in [4.69, 9.17) is 23.4 Å². The zero-order valence-electron chi connectivity index (χ0n) is 23.2. The average molecular weight is 561 g/mol. The van der Waals surface area contributed by atoms with Crippen LogP contribution in [-0.2, 0) is 33.3 Å².